The van der Waals surface area contributed by atoms with Gasteiger partial charge in [-0.1, -0.05) is 12.1 Å². The number of nitrogen functional groups attached to an aromatic ring is 1. The van der Waals surface area contributed by atoms with E-state index < -0.39 is 0 Å². The number of anilines is 1. The highest BCUT2D eigenvalue weighted by atomic mass is 16.1. The Bertz CT molecular complexity index is 909. The molecular weight excluding hydrogens is 316 g/mol. The van der Waals surface area contributed by atoms with Crippen molar-refractivity contribution in [2.45, 2.75) is 0 Å². The number of amides is 1. The monoisotopic (exact) mass is 336 g/mol. The fourth-order valence-electron chi connectivity index (χ4n) is 2.43. The maximum atomic E-state index is 12.3. The summed E-state index contributed by atoms with van der Waals surface area (Å²) in [6.45, 7) is 1.38. The van der Waals surface area contributed by atoms with Crippen LogP contribution in [0.2, 0.25) is 0 Å². The maximum Gasteiger partial charge on any atom is 0.251 e. The number of aromatic nitrogens is 3. The van der Waals surface area contributed by atoms with Crippen molar-refractivity contribution in [3.8, 4) is 11.3 Å². The van der Waals surface area contributed by atoms with Gasteiger partial charge in [0.2, 0.25) is 0 Å². The SMILES string of the molecule is CN(C)CCNC(=O)c1cccc(-c2ccc3ncnc(N)c3n2)c1. The molecule has 0 fully saturated rings. The van der Waals surface area contributed by atoms with E-state index in [0.29, 0.717) is 29.0 Å². The highest BCUT2D eigenvalue weighted by Crippen LogP contribution is 2.22. The van der Waals surface area contributed by atoms with Crippen LogP contribution < -0.4 is 11.1 Å². The summed E-state index contributed by atoms with van der Waals surface area (Å²) in [5.41, 5.74) is 9.27. The summed E-state index contributed by atoms with van der Waals surface area (Å²) in [6, 6.07) is 11.1. The van der Waals surface area contributed by atoms with Gasteiger partial charge in [-0.2, -0.15) is 0 Å². The van der Waals surface area contributed by atoms with Gasteiger partial charge >= 0.3 is 0 Å². The molecule has 3 aromatic rings. The van der Waals surface area contributed by atoms with Gasteiger partial charge in [-0.3, -0.25) is 4.79 Å². The van der Waals surface area contributed by atoms with Crippen LogP contribution >= 0.6 is 0 Å². The summed E-state index contributed by atoms with van der Waals surface area (Å²) >= 11 is 0. The van der Waals surface area contributed by atoms with E-state index in [1.807, 2.05) is 49.3 Å². The zero-order chi connectivity index (χ0) is 17.8. The van der Waals surface area contributed by atoms with E-state index in [1.54, 1.807) is 6.07 Å². The number of rotatable bonds is 5. The van der Waals surface area contributed by atoms with Crippen LogP contribution in [0.1, 0.15) is 10.4 Å². The van der Waals surface area contributed by atoms with E-state index in [2.05, 4.69) is 20.3 Å². The van der Waals surface area contributed by atoms with Crippen LogP contribution in [-0.4, -0.2) is 52.9 Å². The second-order valence-electron chi connectivity index (χ2n) is 5.96. The molecule has 7 nitrogen and oxygen atoms in total. The molecule has 3 N–H and O–H groups in total. The lowest BCUT2D eigenvalue weighted by Gasteiger charge is -2.11. The molecule has 1 amide bonds. The smallest absolute Gasteiger partial charge is 0.251 e. The average molecular weight is 336 g/mol. The first-order valence-electron chi connectivity index (χ1n) is 7.95. The summed E-state index contributed by atoms with van der Waals surface area (Å²) < 4.78 is 0. The third kappa shape index (κ3) is 3.89. The number of likely N-dealkylation sites (N-methyl/N-ethyl adjacent to an activating group) is 1. The van der Waals surface area contributed by atoms with Crippen molar-refractivity contribution in [1.82, 2.24) is 25.2 Å². The zero-order valence-corrected chi connectivity index (χ0v) is 14.2. The van der Waals surface area contributed by atoms with Gasteiger partial charge in [-0.25, -0.2) is 15.0 Å². The van der Waals surface area contributed by atoms with E-state index in [9.17, 15) is 4.79 Å². The van der Waals surface area contributed by atoms with Crippen molar-refractivity contribution in [3.05, 3.63) is 48.3 Å². The molecular formula is C18H20N6O. The molecule has 0 atom stereocenters. The van der Waals surface area contributed by atoms with Gasteiger partial charge < -0.3 is 16.0 Å². The minimum absolute atomic E-state index is 0.104. The third-order valence-corrected chi connectivity index (χ3v) is 3.78. The van der Waals surface area contributed by atoms with Crippen LogP contribution in [0.25, 0.3) is 22.3 Å². The number of benzene rings is 1. The Kier molecular flexibility index (Phi) is 4.85. The molecule has 2 aromatic heterocycles. The summed E-state index contributed by atoms with van der Waals surface area (Å²) in [7, 11) is 3.93. The molecule has 3 rings (SSSR count). The second kappa shape index (κ2) is 7.23. The van der Waals surface area contributed by atoms with E-state index in [0.717, 1.165) is 17.8 Å². The molecule has 0 aliphatic heterocycles. The summed E-state index contributed by atoms with van der Waals surface area (Å²) in [6.07, 6.45) is 1.41. The van der Waals surface area contributed by atoms with E-state index in [4.69, 9.17) is 5.73 Å². The predicted octanol–water partition coefficient (Wildman–Crippen LogP) is 1.57. The number of hydrogen-bond donors (Lipinski definition) is 2. The lowest BCUT2D eigenvalue weighted by atomic mass is 10.1. The number of nitrogens with two attached hydrogens (primary N) is 1. The summed E-state index contributed by atoms with van der Waals surface area (Å²) in [5, 5.41) is 2.91. The van der Waals surface area contributed by atoms with E-state index >= 15 is 0 Å². The fraction of sp³-hybridized carbons (Fsp3) is 0.222. The standard InChI is InChI=1S/C18H20N6O/c1-24(2)9-8-20-18(25)13-5-3-4-12(10-13)14-6-7-15-16(23-14)17(19)22-11-21-15/h3-7,10-11H,8-9H2,1-2H3,(H,20,25)(H2,19,21,22). The van der Waals surface area contributed by atoms with Crippen LogP contribution in [0, 0.1) is 0 Å². The quantitative estimate of drug-likeness (QED) is 0.734. The molecule has 0 unspecified atom stereocenters. The molecule has 128 valence electrons. The van der Waals surface area contributed by atoms with Crippen molar-refractivity contribution < 1.29 is 4.79 Å². The molecule has 2 heterocycles. The highest BCUT2D eigenvalue weighted by molar-refractivity contribution is 5.95. The Morgan fingerprint density at radius 2 is 2.04 bits per heavy atom. The molecule has 25 heavy (non-hydrogen) atoms. The van der Waals surface area contributed by atoms with Crippen molar-refractivity contribution in [3.63, 3.8) is 0 Å². The van der Waals surface area contributed by atoms with Gasteiger partial charge in [-0.15, -0.1) is 0 Å². The largest absolute Gasteiger partial charge is 0.382 e. The molecule has 0 aliphatic carbocycles. The lowest BCUT2D eigenvalue weighted by molar-refractivity contribution is 0.0951. The minimum Gasteiger partial charge on any atom is -0.382 e. The fourth-order valence-corrected chi connectivity index (χ4v) is 2.43. The Morgan fingerprint density at radius 1 is 1.20 bits per heavy atom. The van der Waals surface area contributed by atoms with Crippen molar-refractivity contribution >= 4 is 22.8 Å². The lowest BCUT2D eigenvalue weighted by Crippen LogP contribution is -2.31. The van der Waals surface area contributed by atoms with Crippen LogP contribution in [0.15, 0.2) is 42.7 Å². The molecule has 7 heteroatoms. The minimum atomic E-state index is -0.104. The normalized spacial score (nSPS) is 11.0. The summed E-state index contributed by atoms with van der Waals surface area (Å²) in [5.74, 6) is 0.233. The first-order chi connectivity index (χ1) is 12.0. The molecule has 0 spiro atoms. The Hall–Kier alpha value is -3.06. The van der Waals surface area contributed by atoms with Gasteiger partial charge in [0.25, 0.3) is 5.91 Å². The molecule has 0 saturated carbocycles. The molecule has 1 aromatic carbocycles. The van der Waals surface area contributed by atoms with Crippen LogP contribution in [0.3, 0.4) is 0 Å². The number of hydrogen-bond acceptors (Lipinski definition) is 6. The topological polar surface area (TPSA) is 97.0 Å². The molecule has 0 bridgehead atoms. The van der Waals surface area contributed by atoms with Crippen LogP contribution in [0.5, 0.6) is 0 Å². The van der Waals surface area contributed by atoms with Gasteiger partial charge in [0.1, 0.15) is 11.8 Å². The summed E-state index contributed by atoms with van der Waals surface area (Å²) in [4.78, 5) is 27.0. The van der Waals surface area contributed by atoms with E-state index in [1.165, 1.54) is 6.33 Å². The predicted molar refractivity (Wildman–Crippen MR) is 98.1 cm³/mol. The second-order valence-corrected chi connectivity index (χ2v) is 5.96. The van der Waals surface area contributed by atoms with Gasteiger partial charge in [-0.05, 0) is 38.4 Å². The first-order valence-corrected chi connectivity index (χ1v) is 7.95. The molecule has 0 radical (unpaired) electrons. The Balaban J connectivity index is 1.86. The number of pyridine rings is 1. The molecule has 0 aliphatic rings. The Labute approximate surface area is 145 Å². The Morgan fingerprint density at radius 3 is 2.84 bits per heavy atom. The number of nitrogens with zero attached hydrogens (tertiary/aromatic N) is 4. The highest BCUT2D eigenvalue weighted by Gasteiger charge is 2.09. The number of nitrogens with one attached hydrogen (secondary N) is 1. The first kappa shape index (κ1) is 16.8. The van der Waals surface area contributed by atoms with Crippen LogP contribution in [-0.2, 0) is 0 Å². The average Bonchev–Trinajstić information content (AvgIpc) is 2.61. The van der Waals surface area contributed by atoms with Gasteiger partial charge in [0, 0.05) is 24.2 Å². The van der Waals surface area contributed by atoms with Crippen molar-refractivity contribution in [1.29, 1.82) is 0 Å². The van der Waals surface area contributed by atoms with Crippen molar-refractivity contribution in [2.24, 2.45) is 0 Å². The van der Waals surface area contributed by atoms with Crippen molar-refractivity contribution in [2.75, 3.05) is 32.9 Å². The third-order valence-electron chi connectivity index (χ3n) is 3.78. The maximum absolute atomic E-state index is 12.3. The van der Waals surface area contributed by atoms with Gasteiger partial charge in [0.15, 0.2) is 5.82 Å². The number of fused-ring (bicyclic) bond motifs is 1. The zero-order valence-electron chi connectivity index (χ0n) is 14.2. The number of carbonyl (C=O) groups excluding carboxylic acids is 1. The number of carbonyl (C=O) groups is 1. The van der Waals surface area contributed by atoms with E-state index in [-0.39, 0.29) is 5.91 Å². The van der Waals surface area contributed by atoms with Crippen LogP contribution in [0.4, 0.5) is 5.82 Å². The van der Waals surface area contributed by atoms with Gasteiger partial charge in [0.05, 0.1) is 11.2 Å². The molecule has 0 saturated heterocycles.